The summed E-state index contributed by atoms with van der Waals surface area (Å²) in [7, 11) is 1.48. The molecule has 0 spiro atoms. The number of unbranched alkanes of at least 4 members (excludes halogenated alkanes) is 4. The average molecular weight is 724 g/mol. The van der Waals surface area contributed by atoms with Crippen LogP contribution in [0.5, 0.6) is 5.75 Å². The summed E-state index contributed by atoms with van der Waals surface area (Å²) in [6.07, 6.45) is 4.44. The summed E-state index contributed by atoms with van der Waals surface area (Å²) in [4.78, 5) is 54.1. The molecule has 2 amide bonds. The fourth-order valence-corrected chi connectivity index (χ4v) is 10.9. The molecule has 12 nitrogen and oxygen atoms in total. The first-order chi connectivity index (χ1) is 24.0. The van der Waals surface area contributed by atoms with Crippen LogP contribution in [0.15, 0.2) is 65.1 Å². The fraction of sp³-hybridized carbons (Fsp3) is 0.474. The second-order valence-electron chi connectivity index (χ2n) is 15.0. The summed E-state index contributed by atoms with van der Waals surface area (Å²) >= 11 is 0. The maximum absolute atomic E-state index is 14.1. The Morgan fingerprint density at radius 1 is 0.961 bits per heavy atom. The number of benzene rings is 2. The second-order valence-corrected chi connectivity index (χ2v) is 19.9. The molecule has 0 aromatic heterocycles. The number of phenols is 1. The molecule has 2 aromatic rings. The van der Waals surface area contributed by atoms with Crippen molar-refractivity contribution in [3.8, 4) is 5.75 Å². The summed E-state index contributed by atoms with van der Waals surface area (Å²) in [5.41, 5.74) is 0.965. The van der Waals surface area contributed by atoms with E-state index in [2.05, 4.69) is 42.9 Å². The van der Waals surface area contributed by atoms with Gasteiger partial charge >= 0.3 is 151 Å². The van der Waals surface area contributed by atoms with Crippen molar-refractivity contribution in [1.29, 1.82) is 0 Å². The summed E-state index contributed by atoms with van der Waals surface area (Å²) < 4.78 is 0. The van der Waals surface area contributed by atoms with E-state index in [1.165, 1.54) is 36.5 Å². The molecule has 5 rings (SSSR count). The molecular weight excluding hydrogens is 673 g/mol. The van der Waals surface area contributed by atoms with Gasteiger partial charge in [0, 0.05) is 11.5 Å². The molecule has 0 radical (unpaired) electrons. The third-order valence-electron chi connectivity index (χ3n) is 11.2. The van der Waals surface area contributed by atoms with Crippen LogP contribution in [0.25, 0.3) is 0 Å². The number of hydrogen-bond acceptors (Lipinski definition) is 10. The molecule has 276 valence electrons. The van der Waals surface area contributed by atoms with Gasteiger partial charge in [0.05, 0.1) is 18.1 Å². The van der Waals surface area contributed by atoms with Crippen LogP contribution >= 0.6 is 7.26 Å². The Morgan fingerprint density at radius 3 is 2.22 bits per heavy atom. The van der Waals surface area contributed by atoms with Crippen molar-refractivity contribution in [3.05, 3.63) is 76.3 Å². The Kier molecular flexibility index (Phi) is 10.8. The topological polar surface area (TPSA) is 211 Å². The van der Waals surface area contributed by atoms with E-state index in [4.69, 9.17) is 5.73 Å². The molecule has 2 aromatic carbocycles. The number of nitrogens with zero attached hydrogens (tertiary/aromatic N) is 1. The molecule has 0 fully saturated rings. The van der Waals surface area contributed by atoms with Crippen molar-refractivity contribution in [1.82, 2.24) is 4.90 Å². The van der Waals surface area contributed by atoms with Crippen molar-refractivity contribution in [2.45, 2.75) is 69.1 Å². The van der Waals surface area contributed by atoms with Crippen LogP contribution in [-0.4, -0.2) is 105 Å². The number of nitrogens with one attached hydrogen (secondary N) is 1. The van der Waals surface area contributed by atoms with E-state index in [1.807, 2.05) is 6.07 Å². The standard InChI is InChI=1S/C38H50N3O9P/c1-20-22-17-18-23(40-24(42)16-12-7-6-8-13-19-51(4,5)21-14-10-9-11-15-21)31(43)26(22)32(44)27-25(20)33(45)29-30(41(2)3)34(46)28(37(39)49)36(48)38(29,50)35(27)47/h9-11,14-15,17-18,20,25,29-30,33,43,45-47,50-51H,6-8,12-13,16,19H2,1-5H3,(H2,39,49)(H,40,42)/t20-,25+,29+,30-,33-,38-/m0/s1. The van der Waals surface area contributed by atoms with Gasteiger partial charge in [-0.05, 0) is 25.6 Å². The number of rotatable bonds is 12. The van der Waals surface area contributed by atoms with Gasteiger partial charge in [-0.3, -0.25) is 19.3 Å². The fourth-order valence-electron chi connectivity index (χ4n) is 8.35. The summed E-state index contributed by atoms with van der Waals surface area (Å²) in [6.45, 7) is 6.42. The number of aromatic hydroxyl groups is 1. The first-order valence-electron chi connectivity index (χ1n) is 17.5. The number of hydrogen-bond donors (Lipinski definition) is 7. The zero-order valence-corrected chi connectivity index (χ0v) is 30.8. The Morgan fingerprint density at radius 2 is 1.59 bits per heavy atom. The summed E-state index contributed by atoms with van der Waals surface area (Å²) in [5.74, 6) is -10.0. The molecule has 13 heteroatoms. The number of fused-ring (bicyclic) bond motifs is 3. The molecule has 0 heterocycles. The predicted octanol–water partition coefficient (Wildman–Crippen LogP) is 3.27. The van der Waals surface area contributed by atoms with Crippen molar-refractivity contribution >= 4 is 41.6 Å². The van der Waals surface area contributed by atoms with Gasteiger partial charge in [0.2, 0.25) is 5.78 Å². The molecular formula is C38H50N3O9P. The third-order valence-corrected chi connectivity index (χ3v) is 14.7. The number of nitrogens with two attached hydrogens (primary N) is 1. The molecule has 0 saturated carbocycles. The van der Waals surface area contributed by atoms with Gasteiger partial charge < -0.3 is 26.2 Å². The molecule has 0 unspecified atom stereocenters. The van der Waals surface area contributed by atoms with Gasteiger partial charge in [-0.1, -0.05) is 6.92 Å². The van der Waals surface area contributed by atoms with E-state index in [0.29, 0.717) is 12.0 Å². The number of likely N-dealkylation sites (N-methyl/N-ethyl adjacent to an activating group) is 1. The first kappa shape index (κ1) is 38.1. The summed E-state index contributed by atoms with van der Waals surface area (Å²) in [6, 6.07) is 12.3. The van der Waals surface area contributed by atoms with Crippen molar-refractivity contribution in [2.75, 3.05) is 38.9 Å². The molecule has 3 aliphatic rings. The van der Waals surface area contributed by atoms with Crippen LogP contribution in [0, 0.1) is 11.8 Å². The van der Waals surface area contributed by atoms with Gasteiger partial charge in [0.15, 0.2) is 11.4 Å². The Hall–Kier alpha value is -4.09. The van der Waals surface area contributed by atoms with Gasteiger partial charge in [0.1, 0.15) is 17.1 Å². The van der Waals surface area contributed by atoms with Crippen molar-refractivity contribution in [3.63, 3.8) is 0 Å². The molecule has 6 atom stereocenters. The first-order valence-corrected chi connectivity index (χ1v) is 20.7. The Bertz CT molecular complexity index is 1800. The predicted molar refractivity (Wildman–Crippen MR) is 197 cm³/mol. The molecule has 0 aliphatic heterocycles. The number of primary amides is 1. The van der Waals surface area contributed by atoms with Crippen molar-refractivity contribution in [2.24, 2.45) is 17.6 Å². The molecule has 0 saturated heterocycles. The number of aliphatic hydroxyl groups is 4. The van der Waals surface area contributed by atoms with E-state index in [-0.39, 0.29) is 23.6 Å². The Balaban J connectivity index is 1.30. The SMILES string of the molecule is C[C@H]1c2ccc(NC(=O)CCCCCCC[PH](C)(C)c3ccccc3)c(O)c2C(=O)C2=C(O)[C@]3(O)C(=O)C(C(N)=O)=C(O)[C@@H](N(C)C)[C@@H]3[C@@H](O)[C@@H]21. The number of carbonyl (C=O) groups is 4. The number of ketones is 2. The number of Topliss-reactive ketones (excluding diaryl/α,β-unsaturated/α-hetero) is 2. The minimum absolute atomic E-state index is 0.0239. The van der Waals surface area contributed by atoms with Crippen LogP contribution in [-0.2, 0) is 14.4 Å². The minimum Gasteiger partial charge on any atom is -0.510 e. The number of amides is 2. The summed E-state index contributed by atoms with van der Waals surface area (Å²) in [5, 5.41) is 61.5. The van der Waals surface area contributed by atoms with E-state index in [0.717, 1.165) is 25.7 Å². The van der Waals surface area contributed by atoms with Crippen molar-refractivity contribution < 1.29 is 44.7 Å². The zero-order chi connectivity index (χ0) is 37.6. The van der Waals surface area contributed by atoms with Crippen LogP contribution < -0.4 is 16.4 Å². The van der Waals surface area contributed by atoms with E-state index in [1.54, 1.807) is 13.0 Å². The monoisotopic (exact) mass is 723 g/mol. The smallest absolute Gasteiger partial charge is 0.510 e. The quantitative estimate of drug-likeness (QED) is 0.0736. The normalized spacial score (nSPS) is 26.5. The minimum atomic E-state index is -2.99. The zero-order valence-electron chi connectivity index (χ0n) is 29.8. The number of anilines is 1. The number of aliphatic hydroxyl groups excluding tert-OH is 3. The van der Waals surface area contributed by atoms with Gasteiger partial charge in [-0.25, -0.2) is 0 Å². The number of phenolic OH excluding ortho intramolecular Hbond substituents is 1. The van der Waals surface area contributed by atoms with E-state index >= 15 is 0 Å². The molecule has 51 heavy (non-hydrogen) atoms. The molecule has 8 N–H and O–H groups in total. The van der Waals surface area contributed by atoms with Crippen LogP contribution in [0.4, 0.5) is 5.69 Å². The maximum atomic E-state index is 14.1. The van der Waals surface area contributed by atoms with Gasteiger partial charge in [0.25, 0.3) is 5.91 Å². The number of carbonyl (C=O) groups excluding carboxylic acids is 4. The molecule has 0 bridgehead atoms. The third kappa shape index (κ3) is 6.59. The van der Waals surface area contributed by atoms with E-state index < -0.39 is 88.7 Å². The van der Waals surface area contributed by atoms with Gasteiger partial charge in [-0.2, -0.15) is 0 Å². The second kappa shape index (κ2) is 14.5. The Labute approximate surface area is 298 Å². The van der Waals surface area contributed by atoms with Gasteiger partial charge in [-0.15, -0.1) is 0 Å². The molecule has 3 aliphatic carbocycles. The van der Waals surface area contributed by atoms with Crippen LogP contribution in [0.3, 0.4) is 0 Å². The van der Waals surface area contributed by atoms with Crippen LogP contribution in [0.1, 0.15) is 67.3 Å². The van der Waals surface area contributed by atoms with E-state index in [9.17, 15) is 44.7 Å². The average Bonchev–Trinajstić information content (AvgIpc) is 3.07. The van der Waals surface area contributed by atoms with Crippen LogP contribution in [0.2, 0.25) is 0 Å².